The van der Waals surface area contributed by atoms with Crippen LogP contribution in [0.25, 0.3) is 22.0 Å². The van der Waals surface area contributed by atoms with Crippen LogP contribution in [0, 0.1) is 25.0 Å². The second-order valence-corrected chi connectivity index (χ2v) is 8.42. The highest BCUT2D eigenvalue weighted by Crippen LogP contribution is 2.32. The summed E-state index contributed by atoms with van der Waals surface area (Å²) in [5, 5.41) is 16.7. The van der Waals surface area contributed by atoms with E-state index in [-0.39, 0.29) is 18.4 Å². The summed E-state index contributed by atoms with van der Waals surface area (Å²) in [5.74, 6) is 0.166. The number of fused-ring (bicyclic) bond motifs is 2. The number of aromatic amines is 1. The van der Waals surface area contributed by atoms with Crippen LogP contribution < -0.4 is 5.32 Å². The fourth-order valence-corrected chi connectivity index (χ4v) is 4.42. The summed E-state index contributed by atoms with van der Waals surface area (Å²) in [6, 6.07) is 14.1. The molecular formula is C26H25N3O3. The summed E-state index contributed by atoms with van der Waals surface area (Å²) in [6.45, 7) is 6.23. The van der Waals surface area contributed by atoms with E-state index in [1.807, 2.05) is 43.3 Å². The molecule has 1 aliphatic carbocycles. The zero-order chi connectivity index (χ0) is 22.4. The third-order valence-corrected chi connectivity index (χ3v) is 6.34. The molecule has 0 spiro atoms. The first-order valence-electron chi connectivity index (χ1n) is 10.8. The number of H-pyrrole nitrogens is 1. The number of allylic oxidation sites excluding steroid dienone is 4. The minimum Gasteiger partial charge on any atom is -0.622 e. The predicted octanol–water partition coefficient (Wildman–Crippen LogP) is 4.58. The van der Waals surface area contributed by atoms with Crippen molar-refractivity contribution in [2.45, 2.75) is 26.9 Å². The van der Waals surface area contributed by atoms with Crippen molar-refractivity contribution in [1.82, 2.24) is 10.3 Å². The van der Waals surface area contributed by atoms with E-state index in [4.69, 9.17) is 4.74 Å². The Balaban J connectivity index is 1.47. The largest absolute Gasteiger partial charge is 0.622 e. The van der Waals surface area contributed by atoms with Crippen molar-refractivity contribution in [1.29, 1.82) is 0 Å². The van der Waals surface area contributed by atoms with Crippen LogP contribution in [-0.4, -0.2) is 34.1 Å². The van der Waals surface area contributed by atoms with Crippen molar-refractivity contribution in [3.8, 4) is 11.1 Å². The number of aryl methyl sites for hydroxylation is 1. The molecule has 2 atom stereocenters. The molecule has 2 unspecified atom stereocenters. The fraction of sp³-hybridized carbons (Fsp3) is 0.231. The Hall–Kier alpha value is -3.80. The number of para-hydroxylation sites is 1. The van der Waals surface area contributed by atoms with Crippen molar-refractivity contribution in [3.05, 3.63) is 88.5 Å². The van der Waals surface area contributed by atoms with Gasteiger partial charge in [-0.1, -0.05) is 48.6 Å². The highest BCUT2D eigenvalue weighted by Gasteiger charge is 2.36. The standard InChI is InChI=1S/C26H25N3O3/c1-15-7-4-10-19(17(15)3)20-11-6-9-18-13-21(27-24(18)20)26(30)28-23-14-32-22-12-5-8-16(2)25(22)29(23)31/h4-13,16,23,27H,14H2,1-3H3,(H,28,30). The summed E-state index contributed by atoms with van der Waals surface area (Å²) in [7, 11) is 0. The quantitative estimate of drug-likeness (QED) is 0.474. The Kier molecular flexibility index (Phi) is 4.85. The molecule has 6 heteroatoms. The number of aromatic nitrogens is 1. The number of amides is 1. The lowest BCUT2D eigenvalue weighted by molar-refractivity contribution is -0.518. The predicted molar refractivity (Wildman–Crippen MR) is 125 cm³/mol. The molecule has 2 aromatic carbocycles. The molecule has 1 aromatic heterocycles. The number of carbonyl (C=O) groups is 1. The third kappa shape index (κ3) is 3.28. The topological polar surface area (TPSA) is 80.2 Å². The van der Waals surface area contributed by atoms with Gasteiger partial charge in [0.1, 0.15) is 5.69 Å². The number of rotatable bonds is 3. The van der Waals surface area contributed by atoms with Gasteiger partial charge in [0, 0.05) is 10.9 Å². The van der Waals surface area contributed by atoms with Gasteiger partial charge in [-0.15, -0.1) is 0 Å². The lowest BCUT2D eigenvalue weighted by Crippen LogP contribution is -2.51. The fourth-order valence-electron chi connectivity index (χ4n) is 4.42. The number of hydrogen-bond acceptors (Lipinski definition) is 3. The van der Waals surface area contributed by atoms with Crippen LogP contribution >= 0.6 is 0 Å². The molecular weight excluding hydrogens is 402 g/mol. The van der Waals surface area contributed by atoms with Gasteiger partial charge >= 0.3 is 0 Å². The number of hydroxylamine groups is 1. The maximum absolute atomic E-state index is 13.0. The Morgan fingerprint density at radius 1 is 1.19 bits per heavy atom. The molecule has 2 heterocycles. The average molecular weight is 428 g/mol. The van der Waals surface area contributed by atoms with Crippen LogP contribution in [0.5, 0.6) is 0 Å². The normalized spacial score (nSPS) is 20.0. The van der Waals surface area contributed by atoms with Gasteiger partial charge in [0.2, 0.25) is 5.71 Å². The van der Waals surface area contributed by atoms with Gasteiger partial charge in [0.05, 0.1) is 11.4 Å². The molecule has 3 aromatic rings. The Labute approximate surface area is 186 Å². The summed E-state index contributed by atoms with van der Waals surface area (Å²) >= 11 is 0. The monoisotopic (exact) mass is 427 g/mol. The van der Waals surface area contributed by atoms with E-state index in [0.717, 1.165) is 26.8 Å². The molecule has 0 saturated carbocycles. The Morgan fingerprint density at radius 3 is 2.81 bits per heavy atom. The van der Waals surface area contributed by atoms with Gasteiger partial charge in [-0.05, 0) is 49.6 Å². The number of carbonyl (C=O) groups excluding carboxylic acids is 1. The summed E-state index contributed by atoms with van der Waals surface area (Å²) in [6.07, 6.45) is 4.82. The number of nitrogens with one attached hydrogen (secondary N) is 2. The van der Waals surface area contributed by atoms with E-state index < -0.39 is 6.17 Å². The first-order chi connectivity index (χ1) is 15.4. The molecule has 0 bridgehead atoms. The summed E-state index contributed by atoms with van der Waals surface area (Å²) in [4.78, 5) is 16.3. The maximum Gasteiger partial charge on any atom is 0.273 e. The second kappa shape index (κ2) is 7.71. The van der Waals surface area contributed by atoms with Crippen molar-refractivity contribution >= 4 is 22.5 Å². The zero-order valence-electron chi connectivity index (χ0n) is 18.3. The zero-order valence-corrected chi connectivity index (χ0v) is 18.3. The number of hydrogen-bond donors (Lipinski definition) is 2. The van der Waals surface area contributed by atoms with E-state index in [2.05, 4.69) is 42.3 Å². The van der Waals surface area contributed by atoms with Crippen LogP contribution in [0.3, 0.4) is 0 Å². The Bertz CT molecular complexity index is 1330. The minimum absolute atomic E-state index is 0.0691. The van der Waals surface area contributed by atoms with E-state index in [0.29, 0.717) is 17.2 Å². The van der Waals surface area contributed by atoms with E-state index in [1.54, 1.807) is 6.08 Å². The number of ether oxygens (including phenoxy) is 1. The lowest BCUT2D eigenvalue weighted by atomic mass is 9.96. The highest BCUT2D eigenvalue weighted by molar-refractivity contribution is 6.03. The molecule has 1 amide bonds. The molecule has 0 saturated heterocycles. The van der Waals surface area contributed by atoms with Crippen molar-refractivity contribution in [2.24, 2.45) is 5.92 Å². The van der Waals surface area contributed by atoms with Gasteiger partial charge in [-0.3, -0.25) is 10.1 Å². The van der Waals surface area contributed by atoms with Gasteiger partial charge in [-0.2, -0.15) is 4.74 Å². The maximum atomic E-state index is 13.0. The molecule has 32 heavy (non-hydrogen) atoms. The average Bonchev–Trinajstić information content (AvgIpc) is 3.22. The number of nitrogens with zero attached hydrogens (tertiary/aromatic N) is 1. The molecule has 6 nitrogen and oxygen atoms in total. The summed E-state index contributed by atoms with van der Waals surface area (Å²) in [5.41, 5.74) is 6.45. The second-order valence-electron chi connectivity index (χ2n) is 8.42. The van der Waals surface area contributed by atoms with Gasteiger partial charge in [-0.25, -0.2) is 0 Å². The van der Waals surface area contributed by atoms with Crippen LogP contribution in [0.4, 0.5) is 0 Å². The SMILES string of the molecule is Cc1cccc(-c2cccc3cc(C(=O)NC4COC5=CC=CC(C)C5=[N+]4[O-])[nH]c23)c1C. The van der Waals surface area contributed by atoms with Gasteiger partial charge in [0.25, 0.3) is 12.1 Å². The van der Waals surface area contributed by atoms with Crippen LogP contribution in [-0.2, 0) is 4.74 Å². The molecule has 162 valence electrons. The first kappa shape index (κ1) is 20.1. The van der Waals surface area contributed by atoms with Gasteiger partial charge < -0.3 is 14.9 Å². The van der Waals surface area contributed by atoms with E-state index in [9.17, 15) is 10.0 Å². The minimum atomic E-state index is -0.784. The van der Waals surface area contributed by atoms with Crippen LogP contribution in [0.2, 0.25) is 0 Å². The smallest absolute Gasteiger partial charge is 0.273 e. The van der Waals surface area contributed by atoms with Crippen LogP contribution in [0.15, 0.2) is 66.5 Å². The van der Waals surface area contributed by atoms with Crippen molar-refractivity contribution < 1.29 is 14.3 Å². The Morgan fingerprint density at radius 2 is 1.97 bits per heavy atom. The third-order valence-electron chi connectivity index (χ3n) is 6.34. The van der Waals surface area contributed by atoms with Crippen molar-refractivity contribution in [3.63, 3.8) is 0 Å². The molecule has 2 aliphatic rings. The van der Waals surface area contributed by atoms with Gasteiger partial charge in [0.15, 0.2) is 12.4 Å². The van der Waals surface area contributed by atoms with Crippen LogP contribution in [0.1, 0.15) is 28.5 Å². The van der Waals surface area contributed by atoms with E-state index in [1.165, 1.54) is 11.1 Å². The summed E-state index contributed by atoms with van der Waals surface area (Å²) < 4.78 is 6.61. The molecule has 0 radical (unpaired) electrons. The molecule has 5 rings (SSSR count). The molecule has 0 fully saturated rings. The lowest BCUT2D eigenvalue weighted by Gasteiger charge is -2.29. The highest BCUT2D eigenvalue weighted by atomic mass is 16.5. The first-order valence-corrected chi connectivity index (χ1v) is 10.8. The number of benzene rings is 2. The molecule has 1 aliphatic heterocycles. The van der Waals surface area contributed by atoms with E-state index >= 15 is 0 Å². The van der Waals surface area contributed by atoms with Crippen molar-refractivity contribution in [2.75, 3.05) is 6.61 Å². The molecule has 2 N–H and O–H groups in total.